The minimum Gasteiger partial charge on any atom is -0.407 e. The van der Waals surface area contributed by atoms with E-state index in [1.165, 1.54) is 10.4 Å². The lowest BCUT2D eigenvalue weighted by Crippen LogP contribution is -2.66. The Balaban J connectivity index is 2.04. The summed E-state index contributed by atoms with van der Waals surface area (Å²) in [5, 5.41) is 5.47. The Morgan fingerprint density at radius 3 is 1.92 bits per heavy atom. The fourth-order valence-electron chi connectivity index (χ4n) is 3.79. The van der Waals surface area contributed by atoms with Crippen molar-refractivity contribution in [2.24, 2.45) is 5.92 Å². The van der Waals surface area contributed by atoms with E-state index in [2.05, 4.69) is 86.8 Å². The summed E-state index contributed by atoms with van der Waals surface area (Å²) < 4.78 is 6.85. The number of nitrogens with one attached hydrogen (secondary N) is 1. The molecule has 1 N–H and O–H groups in total. The molecule has 0 aromatic heterocycles. The van der Waals surface area contributed by atoms with Crippen molar-refractivity contribution >= 4 is 24.6 Å². The van der Waals surface area contributed by atoms with Crippen LogP contribution in [-0.2, 0) is 9.22 Å². The van der Waals surface area contributed by atoms with E-state index in [9.17, 15) is 4.79 Å². The largest absolute Gasteiger partial charge is 0.407 e. The molecule has 3 rings (SSSR count). The molecule has 1 aliphatic heterocycles. The summed E-state index contributed by atoms with van der Waals surface area (Å²) in [6.45, 7) is 8.16. The highest BCUT2D eigenvalue weighted by Crippen LogP contribution is 2.37. The molecule has 3 nitrogen and oxygen atoms in total. The van der Waals surface area contributed by atoms with Crippen molar-refractivity contribution in [3.8, 4) is 0 Å². The highest BCUT2D eigenvalue weighted by molar-refractivity contribution is 6.99. The SMILES string of the molecule is CC(C)(C)[Si](OC[C@H]1CNC(=O)C1)(c1ccccc1)c1ccccc1. The quantitative estimate of drug-likeness (QED) is 0.840. The topological polar surface area (TPSA) is 38.3 Å². The summed E-state index contributed by atoms with van der Waals surface area (Å²) in [6, 6.07) is 21.3. The second kappa shape index (κ2) is 7.14. The van der Waals surface area contributed by atoms with Crippen molar-refractivity contribution in [2.75, 3.05) is 13.2 Å². The van der Waals surface area contributed by atoms with Crippen LogP contribution in [-0.4, -0.2) is 27.4 Å². The lowest BCUT2D eigenvalue weighted by Gasteiger charge is -2.43. The van der Waals surface area contributed by atoms with Gasteiger partial charge in [-0.15, -0.1) is 0 Å². The van der Waals surface area contributed by atoms with Crippen LogP contribution in [0, 0.1) is 5.92 Å². The Morgan fingerprint density at radius 2 is 1.52 bits per heavy atom. The zero-order valence-electron chi connectivity index (χ0n) is 15.3. The van der Waals surface area contributed by atoms with Gasteiger partial charge in [-0.1, -0.05) is 81.4 Å². The number of carbonyl (C=O) groups is 1. The Morgan fingerprint density at radius 1 is 1.00 bits per heavy atom. The standard InChI is InChI=1S/C21H27NO2Si/c1-21(2,3)25(18-10-6-4-7-11-18,19-12-8-5-9-13-19)24-16-17-14-20(23)22-15-17/h4-13,17H,14-16H2,1-3H3,(H,22,23)/t17-/m1/s1. The number of benzene rings is 2. The van der Waals surface area contributed by atoms with Gasteiger partial charge < -0.3 is 9.74 Å². The molecule has 1 atom stereocenters. The van der Waals surface area contributed by atoms with Gasteiger partial charge in [0.1, 0.15) is 0 Å². The zero-order chi connectivity index (χ0) is 17.9. The molecule has 0 aliphatic carbocycles. The minimum absolute atomic E-state index is 0.0221. The molecule has 0 radical (unpaired) electrons. The molecule has 0 unspecified atom stereocenters. The van der Waals surface area contributed by atoms with Crippen LogP contribution in [0.4, 0.5) is 0 Å². The van der Waals surface area contributed by atoms with Crippen LogP contribution >= 0.6 is 0 Å². The first-order chi connectivity index (χ1) is 11.9. The number of rotatable bonds is 5. The summed E-state index contributed by atoms with van der Waals surface area (Å²) in [4.78, 5) is 11.6. The second-order valence-corrected chi connectivity index (χ2v) is 12.2. The van der Waals surface area contributed by atoms with E-state index in [1.54, 1.807) is 0 Å². The van der Waals surface area contributed by atoms with Crippen LogP contribution in [0.1, 0.15) is 27.2 Å². The van der Waals surface area contributed by atoms with Gasteiger partial charge in [0, 0.05) is 25.5 Å². The molecule has 2 aromatic rings. The second-order valence-electron chi connectivity index (χ2n) is 7.85. The molecule has 1 saturated heterocycles. The normalized spacial score (nSPS) is 18.2. The van der Waals surface area contributed by atoms with Gasteiger partial charge in [-0.25, -0.2) is 0 Å². The van der Waals surface area contributed by atoms with E-state index in [0.717, 1.165) is 6.54 Å². The molecule has 25 heavy (non-hydrogen) atoms. The lowest BCUT2D eigenvalue weighted by atomic mass is 10.1. The fourth-order valence-corrected chi connectivity index (χ4v) is 8.43. The zero-order valence-corrected chi connectivity index (χ0v) is 16.3. The van der Waals surface area contributed by atoms with Crippen LogP contribution in [0.15, 0.2) is 60.7 Å². The molecule has 1 heterocycles. The summed E-state index contributed by atoms with van der Waals surface area (Å²) >= 11 is 0. The Labute approximate surface area is 151 Å². The summed E-state index contributed by atoms with van der Waals surface area (Å²) in [5.74, 6) is 0.394. The van der Waals surface area contributed by atoms with Crippen LogP contribution in [0.5, 0.6) is 0 Å². The van der Waals surface area contributed by atoms with Gasteiger partial charge in [0.15, 0.2) is 0 Å². The average molecular weight is 354 g/mol. The van der Waals surface area contributed by atoms with Gasteiger partial charge in [-0.2, -0.15) is 0 Å². The fraction of sp³-hybridized carbons (Fsp3) is 0.381. The monoisotopic (exact) mass is 353 g/mol. The molecule has 0 bridgehead atoms. The Hall–Kier alpha value is -1.91. The average Bonchev–Trinajstić information content (AvgIpc) is 3.02. The third-order valence-electron chi connectivity index (χ3n) is 5.01. The molecule has 1 fully saturated rings. The first-order valence-electron chi connectivity index (χ1n) is 8.95. The van der Waals surface area contributed by atoms with E-state index in [0.29, 0.717) is 13.0 Å². The highest BCUT2D eigenvalue weighted by atomic mass is 28.4. The van der Waals surface area contributed by atoms with Gasteiger partial charge in [0.05, 0.1) is 0 Å². The van der Waals surface area contributed by atoms with Crippen LogP contribution in [0.3, 0.4) is 0 Å². The maximum absolute atomic E-state index is 11.6. The van der Waals surface area contributed by atoms with Crippen molar-refractivity contribution in [3.05, 3.63) is 60.7 Å². The van der Waals surface area contributed by atoms with Gasteiger partial charge in [0.25, 0.3) is 8.32 Å². The van der Waals surface area contributed by atoms with Crippen LogP contribution in [0.2, 0.25) is 5.04 Å². The van der Waals surface area contributed by atoms with Crippen LogP contribution < -0.4 is 15.7 Å². The van der Waals surface area contributed by atoms with Crippen molar-refractivity contribution in [2.45, 2.75) is 32.2 Å². The van der Waals surface area contributed by atoms with Crippen molar-refractivity contribution in [1.82, 2.24) is 5.32 Å². The predicted octanol–water partition coefficient (Wildman–Crippen LogP) is 2.70. The van der Waals surface area contributed by atoms with Crippen LogP contribution in [0.25, 0.3) is 0 Å². The van der Waals surface area contributed by atoms with Gasteiger partial charge in [0.2, 0.25) is 5.91 Å². The predicted molar refractivity (Wildman–Crippen MR) is 105 cm³/mol. The number of hydrogen-bond acceptors (Lipinski definition) is 2. The van der Waals surface area contributed by atoms with Crippen molar-refractivity contribution in [3.63, 3.8) is 0 Å². The molecule has 0 saturated carbocycles. The minimum atomic E-state index is -2.48. The molecule has 1 amide bonds. The third-order valence-corrected chi connectivity index (χ3v) is 10.0. The Bertz CT molecular complexity index is 670. The third kappa shape index (κ3) is 3.55. The number of carbonyl (C=O) groups excluding carboxylic acids is 1. The van der Waals surface area contributed by atoms with Crippen molar-refractivity contribution in [1.29, 1.82) is 0 Å². The first kappa shape index (κ1) is 17.9. The first-order valence-corrected chi connectivity index (χ1v) is 10.9. The van der Waals surface area contributed by atoms with E-state index < -0.39 is 8.32 Å². The molecule has 132 valence electrons. The number of amides is 1. The van der Waals surface area contributed by atoms with Crippen molar-refractivity contribution < 1.29 is 9.22 Å². The maximum atomic E-state index is 11.6. The molecule has 4 heteroatoms. The van der Waals surface area contributed by atoms with Gasteiger partial charge >= 0.3 is 0 Å². The number of hydrogen-bond donors (Lipinski definition) is 1. The van der Waals surface area contributed by atoms with Gasteiger partial charge in [-0.05, 0) is 15.4 Å². The van der Waals surface area contributed by atoms with E-state index >= 15 is 0 Å². The van der Waals surface area contributed by atoms with E-state index in [4.69, 9.17) is 4.43 Å². The molecule has 1 aliphatic rings. The Kier molecular flexibility index (Phi) is 5.11. The molecular weight excluding hydrogens is 326 g/mol. The summed E-state index contributed by atoms with van der Waals surface area (Å²) in [6.07, 6.45) is 0.568. The summed E-state index contributed by atoms with van der Waals surface area (Å²) in [5.41, 5.74) is 0. The summed E-state index contributed by atoms with van der Waals surface area (Å²) in [7, 11) is -2.48. The van der Waals surface area contributed by atoms with E-state index in [1.807, 2.05) is 0 Å². The smallest absolute Gasteiger partial charge is 0.261 e. The highest BCUT2D eigenvalue weighted by Gasteiger charge is 2.50. The lowest BCUT2D eigenvalue weighted by molar-refractivity contribution is -0.119. The molecule has 2 aromatic carbocycles. The van der Waals surface area contributed by atoms with Gasteiger partial charge in [-0.3, -0.25) is 4.79 Å². The maximum Gasteiger partial charge on any atom is 0.261 e. The molecular formula is C21H27NO2Si. The van der Waals surface area contributed by atoms with E-state index in [-0.39, 0.29) is 16.9 Å². The molecule has 0 spiro atoms.